The lowest BCUT2D eigenvalue weighted by Crippen LogP contribution is -2.29. The maximum absolute atomic E-state index is 11.8. The van der Waals surface area contributed by atoms with Gasteiger partial charge in [-0.1, -0.05) is 6.92 Å². The molecule has 100 valence electrons. The molecule has 0 saturated heterocycles. The fourth-order valence-corrected chi connectivity index (χ4v) is 1.54. The van der Waals surface area contributed by atoms with Crippen LogP contribution in [0.1, 0.15) is 17.3 Å². The Morgan fingerprint density at radius 2 is 2.17 bits per heavy atom. The highest BCUT2D eigenvalue weighted by atomic mass is 16.5. The summed E-state index contributed by atoms with van der Waals surface area (Å²) in [5.41, 5.74) is 0.236. The normalized spacial score (nSPS) is 11.9. The van der Waals surface area contributed by atoms with Crippen molar-refractivity contribution in [2.75, 3.05) is 27.4 Å². The Morgan fingerprint density at radius 1 is 1.44 bits per heavy atom. The Labute approximate surface area is 107 Å². The van der Waals surface area contributed by atoms with Crippen molar-refractivity contribution >= 4 is 5.91 Å². The van der Waals surface area contributed by atoms with Crippen LogP contribution in [-0.2, 0) is 4.74 Å². The number of amides is 1. The minimum Gasteiger partial charge on any atom is -0.507 e. The highest BCUT2D eigenvalue weighted by Gasteiger charge is 2.12. The molecule has 5 heteroatoms. The minimum atomic E-state index is -0.307. The second-order valence-electron chi connectivity index (χ2n) is 4.15. The van der Waals surface area contributed by atoms with Gasteiger partial charge in [0.15, 0.2) is 0 Å². The van der Waals surface area contributed by atoms with E-state index in [9.17, 15) is 9.90 Å². The number of benzene rings is 1. The SMILES string of the molecule is COCC(C)CNC(=O)c1ccc(OC)cc1O. The third kappa shape index (κ3) is 3.92. The van der Waals surface area contributed by atoms with Crippen molar-refractivity contribution in [3.05, 3.63) is 23.8 Å². The van der Waals surface area contributed by atoms with Gasteiger partial charge in [0.2, 0.25) is 0 Å². The van der Waals surface area contributed by atoms with Crippen molar-refractivity contribution in [1.29, 1.82) is 0 Å². The van der Waals surface area contributed by atoms with Gasteiger partial charge in [-0.2, -0.15) is 0 Å². The lowest BCUT2D eigenvalue weighted by Gasteiger charge is -2.12. The van der Waals surface area contributed by atoms with Crippen molar-refractivity contribution in [2.24, 2.45) is 5.92 Å². The van der Waals surface area contributed by atoms with E-state index in [4.69, 9.17) is 9.47 Å². The van der Waals surface area contributed by atoms with Crippen LogP contribution in [0.3, 0.4) is 0 Å². The molecule has 1 amide bonds. The predicted octanol–water partition coefficient (Wildman–Crippen LogP) is 1.41. The van der Waals surface area contributed by atoms with E-state index < -0.39 is 0 Å². The van der Waals surface area contributed by atoms with Gasteiger partial charge in [-0.25, -0.2) is 0 Å². The molecule has 0 heterocycles. The average molecular weight is 253 g/mol. The number of hydrogen-bond acceptors (Lipinski definition) is 4. The summed E-state index contributed by atoms with van der Waals surface area (Å²) in [5, 5.41) is 12.4. The van der Waals surface area contributed by atoms with Crippen molar-refractivity contribution < 1.29 is 19.4 Å². The van der Waals surface area contributed by atoms with Gasteiger partial charge in [-0.05, 0) is 18.1 Å². The largest absolute Gasteiger partial charge is 0.507 e. The van der Waals surface area contributed by atoms with Gasteiger partial charge in [0.05, 0.1) is 19.3 Å². The summed E-state index contributed by atoms with van der Waals surface area (Å²) in [6, 6.07) is 4.57. The van der Waals surface area contributed by atoms with Crippen LogP contribution in [0.2, 0.25) is 0 Å². The number of rotatable bonds is 6. The summed E-state index contributed by atoms with van der Waals surface area (Å²) in [6.07, 6.45) is 0. The van der Waals surface area contributed by atoms with Crippen LogP contribution in [-0.4, -0.2) is 38.4 Å². The first-order valence-corrected chi connectivity index (χ1v) is 5.72. The van der Waals surface area contributed by atoms with Gasteiger partial charge >= 0.3 is 0 Å². The molecular weight excluding hydrogens is 234 g/mol. The van der Waals surface area contributed by atoms with E-state index in [1.165, 1.54) is 19.2 Å². The van der Waals surface area contributed by atoms with E-state index >= 15 is 0 Å². The van der Waals surface area contributed by atoms with Crippen LogP contribution in [0, 0.1) is 5.92 Å². The molecule has 0 saturated carbocycles. The van der Waals surface area contributed by atoms with E-state index in [1.54, 1.807) is 13.2 Å². The van der Waals surface area contributed by atoms with E-state index in [1.807, 2.05) is 6.92 Å². The summed E-state index contributed by atoms with van der Waals surface area (Å²) in [5.74, 6) is 0.334. The van der Waals surface area contributed by atoms with Gasteiger partial charge in [-0.15, -0.1) is 0 Å². The van der Waals surface area contributed by atoms with E-state index in [0.29, 0.717) is 18.9 Å². The van der Waals surface area contributed by atoms with Crippen molar-refractivity contribution in [3.8, 4) is 11.5 Å². The first-order valence-electron chi connectivity index (χ1n) is 5.72. The standard InChI is InChI=1S/C13H19NO4/c1-9(8-17-2)7-14-13(16)11-5-4-10(18-3)6-12(11)15/h4-6,9,15H,7-8H2,1-3H3,(H,14,16). The Balaban J connectivity index is 2.61. The molecule has 0 aliphatic heterocycles. The van der Waals surface area contributed by atoms with Crippen LogP contribution >= 0.6 is 0 Å². The molecule has 0 fully saturated rings. The zero-order valence-electron chi connectivity index (χ0n) is 10.9. The molecule has 1 aromatic rings. The van der Waals surface area contributed by atoms with Crippen LogP contribution < -0.4 is 10.1 Å². The van der Waals surface area contributed by atoms with Crippen molar-refractivity contribution in [3.63, 3.8) is 0 Å². The Kier molecular flexibility index (Phi) is 5.45. The molecule has 0 bridgehead atoms. The summed E-state index contributed by atoms with van der Waals surface area (Å²) in [6.45, 7) is 3.05. The second kappa shape index (κ2) is 6.86. The molecule has 0 aromatic heterocycles. The third-order valence-electron chi connectivity index (χ3n) is 2.51. The fraction of sp³-hybridized carbons (Fsp3) is 0.462. The van der Waals surface area contributed by atoms with Gasteiger partial charge in [0.25, 0.3) is 5.91 Å². The lowest BCUT2D eigenvalue weighted by molar-refractivity contribution is 0.0931. The summed E-state index contributed by atoms with van der Waals surface area (Å²) >= 11 is 0. The fourth-order valence-electron chi connectivity index (χ4n) is 1.54. The molecule has 1 aromatic carbocycles. The first kappa shape index (κ1) is 14.3. The number of carbonyl (C=O) groups excluding carboxylic acids is 1. The monoisotopic (exact) mass is 253 g/mol. The number of aromatic hydroxyl groups is 1. The Morgan fingerprint density at radius 3 is 2.72 bits per heavy atom. The lowest BCUT2D eigenvalue weighted by atomic mass is 10.1. The molecule has 1 rings (SSSR count). The highest BCUT2D eigenvalue weighted by Crippen LogP contribution is 2.23. The predicted molar refractivity (Wildman–Crippen MR) is 68.0 cm³/mol. The molecule has 0 radical (unpaired) electrons. The number of phenols is 1. The van der Waals surface area contributed by atoms with E-state index in [2.05, 4.69) is 5.32 Å². The van der Waals surface area contributed by atoms with Gasteiger partial charge in [0.1, 0.15) is 11.5 Å². The molecule has 0 spiro atoms. The van der Waals surface area contributed by atoms with Gasteiger partial charge < -0.3 is 19.9 Å². The zero-order chi connectivity index (χ0) is 13.5. The maximum Gasteiger partial charge on any atom is 0.255 e. The van der Waals surface area contributed by atoms with Crippen molar-refractivity contribution in [2.45, 2.75) is 6.92 Å². The highest BCUT2D eigenvalue weighted by molar-refractivity contribution is 5.96. The average Bonchev–Trinajstić information content (AvgIpc) is 2.36. The molecular formula is C13H19NO4. The minimum absolute atomic E-state index is 0.0914. The summed E-state index contributed by atoms with van der Waals surface area (Å²) in [7, 11) is 3.12. The second-order valence-corrected chi connectivity index (χ2v) is 4.15. The van der Waals surface area contributed by atoms with Crippen LogP contribution in [0.25, 0.3) is 0 Å². The molecule has 2 N–H and O–H groups in total. The molecule has 1 unspecified atom stereocenters. The quantitative estimate of drug-likeness (QED) is 0.804. The number of carbonyl (C=O) groups is 1. The zero-order valence-corrected chi connectivity index (χ0v) is 10.9. The van der Waals surface area contributed by atoms with Crippen LogP contribution in [0.5, 0.6) is 11.5 Å². The van der Waals surface area contributed by atoms with E-state index in [0.717, 1.165) is 0 Å². The smallest absolute Gasteiger partial charge is 0.255 e. The van der Waals surface area contributed by atoms with E-state index in [-0.39, 0.29) is 23.1 Å². The molecule has 18 heavy (non-hydrogen) atoms. The molecule has 5 nitrogen and oxygen atoms in total. The van der Waals surface area contributed by atoms with Crippen molar-refractivity contribution in [1.82, 2.24) is 5.32 Å². The summed E-state index contributed by atoms with van der Waals surface area (Å²) < 4.78 is 9.93. The maximum atomic E-state index is 11.8. The number of hydrogen-bond donors (Lipinski definition) is 2. The number of methoxy groups -OCH3 is 2. The van der Waals surface area contributed by atoms with Gasteiger partial charge in [0, 0.05) is 19.7 Å². The molecule has 0 aliphatic carbocycles. The number of ether oxygens (including phenoxy) is 2. The number of nitrogens with one attached hydrogen (secondary N) is 1. The third-order valence-corrected chi connectivity index (χ3v) is 2.51. The number of phenolic OH excluding ortho intramolecular Hbond substituents is 1. The van der Waals surface area contributed by atoms with Crippen LogP contribution in [0.15, 0.2) is 18.2 Å². The first-order chi connectivity index (χ1) is 8.58. The van der Waals surface area contributed by atoms with Gasteiger partial charge in [-0.3, -0.25) is 4.79 Å². The Bertz CT molecular complexity index is 406. The Hall–Kier alpha value is -1.75. The topological polar surface area (TPSA) is 67.8 Å². The van der Waals surface area contributed by atoms with Crippen LogP contribution in [0.4, 0.5) is 0 Å². The summed E-state index contributed by atoms with van der Waals surface area (Å²) in [4.78, 5) is 11.8. The molecule has 0 aliphatic rings. The molecule has 1 atom stereocenters.